The molecule has 0 aromatic heterocycles. The Labute approximate surface area is 419 Å². The third kappa shape index (κ3) is 11.5. The zero-order valence-corrected chi connectivity index (χ0v) is 42.8. The smallest absolute Gasteiger partial charge is 0.246 e. The highest BCUT2D eigenvalue weighted by Gasteiger charge is 2.47. The first kappa shape index (κ1) is 51.7. The molecule has 2 saturated heterocycles. The van der Waals surface area contributed by atoms with Gasteiger partial charge in [0.05, 0.1) is 24.2 Å². The van der Waals surface area contributed by atoms with Crippen LogP contribution >= 0.6 is 0 Å². The Kier molecular flexibility index (Phi) is 16.3. The number of carbonyl (C=O) groups excluding carboxylic acids is 6. The first-order chi connectivity index (χ1) is 34.1. The van der Waals surface area contributed by atoms with Crippen LogP contribution in [0.15, 0.2) is 66.7 Å². The highest BCUT2D eigenvalue weighted by molar-refractivity contribution is 5.95. The van der Waals surface area contributed by atoms with Crippen molar-refractivity contribution in [3.05, 3.63) is 106 Å². The number of aryl methyl sites for hydroxylation is 2. The van der Waals surface area contributed by atoms with Gasteiger partial charge in [-0.05, 0) is 136 Å². The van der Waals surface area contributed by atoms with Gasteiger partial charge in [0.25, 0.3) is 0 Å². The molecule has 3 heterocycles. The quantitative estimate of drug-likeness (QED) is 0.133. The second kappa shape index (κ2) is 22.4. The lowest BCUT2D eigenvalue weighted by atomic mass is 9.85. The van der Waals surface area contributed by atoms with E-state index < -0.39 is 41.7 Å². The van der Waals surface area contributed by atoms with Crippen molar-refractivity contribution in [1.29, 1.82) is 0 Å². The van der Waals surface area contributed by atoms with Crippen LogP contribution in [-0.4, -0.2) is 115 Å². The maximum Gasteiger partial charge on any atom is 0.246 e. The summed E-state index contributed by atoms with van der Waals surface area (Å²) in [4.78, 5) is 90.1. The van der Waals surface area contributed by atoms with Gasteiger partial charge in [-0.15, -0.1) is 0 Å². The molecule has 6 amide bonds. The Morgan fingerprint density at radius 1 is 0.648 bits per heavy atom. The van der Waals surface area contributed by atoms with Crippen molar-refractivity contribution < 1.29 is 33.5 Å². The maximum atomic E-state index is 15.3. The zero-order valence-electron chi connectivity index (χ0n) is 42.8. The predicted octanol–water partition coefficient (Wildman–Crippen LogP) is 4.67. The number of hydrogen-bond acceptors (Lipinski definition) is 9. The van der Waals surface area contributed by atoms with Crippen LogP contribution in [0, 0.1) is 11.3 Å². The number of likely N-dealkylation sites (tertiary alicyclic amines) is 1. The monoisotopic (exact) mass is 973 g/mol. The molecular formula is C56H76N8O7. The van der Waals surface area contributed by atoms with E-state index >= 15 is 9.59 Å². The predicted molar refractivity (Wildman–Crippen MR) is 272 cm³/mol. The van der Waals surface area contributed by atoms with Crippen LogP contribution < -0.4 is 31.9 Å². The Balaban J connectivity index is 1.12. The van der Waals surface area contributed by atoms with Crippen molar-refractivity contribution in [2.75, 3.05) is 33.9 Å². The number of ether oxygens (including phenoxy) is 1. The third-order valence-corrected chi connectivity index (χ3v) is 16.0. The minimum Gasteiger partial charge on any atom is -0.381 e. The summed E-state index contributed by atoms with van der Waals surface area (Å²) in [6.07, 6.45) is 7.12. The van der Waals surface area contributed by atoms with Gasteiger partial charge in [-0.2, -0.15) is 0 Å². The van der Waals surface area contributed by atoms with Gasteiger partial charge in [-0.1, -0.05) is 87.5 Å². The molecule has 0 saturated carbocycles. The molecule has 2 aliphatic carbocycles. The summed E-state index contributed by atoms with van der Waals surface area (Å²) in [5, 5.41) is 18.8. The Morgan fingerprint density at radius 3 is 1.79 bits per heavy atom. The Bertz CT molecular complexity index is 2450. The molecule has 0 bridgehead atoms. The van der Waals surface area contributed by atoms with Crippen LogP contribution in [-0.2, 0) is 59.3 Å². The molecule has 15 heteroatoms. The molecule has 0 spiro atoms. The molecule has 0 radical (unpaired) electrons. The van der Waals surface area contributed by atoms with Crippen LogP contribution in [0.25, 0.3) is 0 Å². The van der Waals surface area contributed by atoms with E-state index in [1.807, 2.05) is 57.2 Å². The zero-order chi connectivity index (χ0) is 50.6. The van der Waals surface area contributed by atoms with Crippen molar-refractivity contribution in [3.63, 3.8) is 0 Å². The molecule has 8 rings (SSSR count). The molecule has 3 aromatic rings. The van der Waals surface area contributed by atoms with Crippen LogP contribution in [0.5, 0.6) is 0 Å². The highest BCUT2D eigenvalue weighted by Crippen LogP contribution is 2.39. The average Bonchev–Trinajstić information content (AvgIpc) is 3.84. The Hall–Kier alpha value is -5.64. The maximum absolute atomic E-state index is 15.3. The summed E-state index contributed by atoms with van der Waals surface area (Å²) in [7, 11) is 3.40. The fourth-order valence-electron chi connectivity index (χ4n) is 11.5. The van der Waals surface area contributed by atoms with Gasteiger partial charge in [0.1, 0.15) is 24.2 Å². The summed E-state index contributed by atoms with van der Waals surface area (Å²) in [6, 6.07) is 17.6. The van der Waals surface area contributed by atoms with E-state index in [4.69, 9.17) is 4.74 Å². The molecule has 71 heavy (non-hydrogen) atoms. The van der Waals surface area contributed by atoms with E-state index in [1.54, 1.807) is 37.7 Å². The SMILES string of the molecule is CN[C@@H](C)C(=O)NC(C(=O)N1Cc2cc(C3CC(C(=O)N[C@@H]4CCCc5ccccc54)N(C(=O)C(NC(=O)[C@H](C)NC)C(C)(C)C)C3)ccc2C[C@H]1C(=O)NC1CCCc2ccccc21)C1CCOCC1. The van der Waals surface area contributed by atoms with E-state index in [9.17, 15) is 19.2 Å². The average molecular weight is 973 g/mol. The fourth-order valence-corrected chi connectivity index (χ4v) is 11.5. The van der Waals surface area contributed by atoms with Crippen molar-refractivity contribution in [2.45, 2.75) is 160 Å². The standard InChI is InChI=1S/C56H76N8O7/c1-33(57-6)50(65)61-48(37-24-26-71-27-25-37)54(69)63-31-40-28-38(22-23-39(40)29-46(63)52(67)59-44-20-12-16-35-14-8-10-18-42(35)44)41-30-47(53(68)60-45-21-13-17-36-15-9-11-19-43(36)45)64(32-41)55(70)49(56(3,4)5)62-51(66)34(2)58-7/h8-11,14-15,18-19,22-23,28,33-34,37,41,44-49,57-58H,12-13,16-17,20-21,24-27,29-32H2,1-7H3,(H,59,67)(H,60,68)(H,61,65)(H,62,66)/t33-,34-,41?,44?,45+,46-,47?,48?,49?/m0/s1. The number of nitrogens with one attached hydrogen (secondary N) is 6. The largest absolute Gasteiger partial charge is 0.381 e. The van der Waals surface area contributed by atoms with Gasteiger partial charge in [0.2, 0.25) is 35.4 Å². The van der Waals surface area contributed by atoms with Gasteiger partial charge >= 0.3 is 0 Å². The number of nitrogens with zero attached hydrogens (tertiary/aromatic N) is 2. The number of benzene rings is 3. The van der Waals surface area contributed by atoms with Gasteiger partial charge in [-0.3, -0.25) is 28.8 Å². The van der Waals surface area contributed by atoms with Crippen molar-refractivity contribution >= 4 is 35.4 Å². The molecule has 5 unspecified atom stereocenters. The summed E-state index contributed by atoms with van der Waals surface area (Å²) in [6.45, 7) is 10.5. The van der Waals surface area contributed by atoms with Crippen LogP contribution in [0.2, 0.25) is 0 Å². The van der Waals surface area contributed by atoms with E-state index in [1.165, 1.54) is 11.1 Å². The lowest BCUT2D eigenvalue weighted by Gasteiger charge is -2.41. The van der Waals surface area contributed by atoms with E-state index in [0.717, 1.165) is 66.3 Å². The minimum absolute atomic E-state index is 0.126. The van der Waals surface area contributed by atoms with Gasteiger partial charge in [0.15, 0.2) is 0 Å². The first-order valence-corrected chi connectivity index (χ1v) is 26.1. The van der Waals surface area contributed by atoms with E-state index in [2.05, 4.69) is 62.2 Å². The minimum atomic E-state index is -0.913. The molecule has 5 aliphatic rings. The topological polar surface area (TPSA) is 190 Å². The van der Waals surface area contributed by atoms with Crippen LogP contribution in [0.1, 0.15) is 137 Å². The second-order valence-electron chi connectivity index (χ2n) is 21.7. The van der Waals surface area contributed by atoms with Crippen LogP contribution in [0.3, 0.4) is 0 Å². The van der Waals surface area contributed by atoms with Crippen molar-refractivity contribution in [1.82, 2.24) is 41.7 Å². The van der Waals surface area contributed by atoms with Crippen LogP contribution in [0.4, 0.5) is 0 Å². The molecule has 382 valence electrons. The number of fused-ring (bicyclic) bond motifs is 3. The number of hydrogen-bond donors (Lipinski definition) is 6. The van der Waals surface area contributed by atoms with Gasteiger partial charge in [0, 0.05) is 38.6 Å². The lowest BCUT2D eigenvalue weighted by molar-refractivity contribution is -0.147. The molecule has 15 nitrogen and oxygen atoms in total. The van der Waals surface area contributed by atoms with Crippen molar-refractivity contribution in [3.8, 4) is 0 Å². The molecule has 3 aromatic carbocycles. The van der Waals surface area contributed by atoms with E-state index in [0.29, 0.717) is 32.5 Å². The van der Waals surface area contributed by atoms with E-state index in [-0.39, 0.29) is 78.9 Å². The number of carbonyl (C=O) groups is 6. The fraction of sp³-hybridized carbons (Fsp3) is 0.571. The van der Waals surface area contributed by atoms with Gasteiger partial charge in [-0.25, -0.2) is 0 Å². The summed E-state index contributed by atoms with van der Waals surface area (Å²) < 4.78 is 5.70. The third-order valence-electron chi connectivity index (χ3n) is 16.0. The molecular weight excluding hydrogens is 897 g/mol. The second-order valence-corrected chi connectivity index (χ2v) is 21.7. The Morgan fingerprint density at radius 2 is 1.21 bits per heavy atom. The molecule has 9 atom stereocenters. The number of rotatable bonds is 14. The lowest BCUT2D eigenvalue weighted by Crippen LogP contribution is -2.61. The number of amides is 6. The molecule has 2 fully saturated rings. The first-order valence-electron chi connectivity index (χ1n) is 26.1. The molecule has 3 aliphatic heterocycles. The van der Waals surface area contributed by atoms with Gasteiger partial charge < -0.3 is 46.4 Å². The normalized spacial score (nSPS) is 24.0. The number of likely N-dealkylation sites (N-methyl/N-ethyl adjacent to an activating group) is 2. The van der Waals surface area contributed by atoms with Crippen molar-refractivity contribution in [2.24, 2.45) is 11.3 Å². The molecule has 6 N–H and O–H groups in total. The highest BCUT2D eigenvalue weighted by atomic mass is 16.5. The summed E-state index contributed by atoms with van der Waals surface area (Å²) in [5.74, 6) is -2.16. The summed E-state index contributed by atoms with van der Waals surface area (Å²) >= 11 is 0. The summed E-state index contributed by atoms with van der Waals surface area (Å²) in [5.41, 5.74) is 6.66.